The number of carbonyl (C=O) groups is 2. The van der Waals surface area contributed by atoms with Gasteiger partial charge in [0.2, 0.25) is 0 Å². The Balaban J connectivity index is 1.94. The highest BCUT2D eigenvalue weighted by molar-refractivity contribution is 5.89. The van der Waals surface area contributed by atoms with Gasteiger partial charge < -0.3 is 15.3 Å². The number of nitrogens with one attached hydrogen (secondary N) is 1. The molecule has 0 spiro atoms. The van der Waals surface area contributed by atoms with E-state index in [-0.39, 0.29) is 11.9 Å². The van der Waals surface area contributed by atoms with Crippen LogP contribution in [0.1, 0.15) is 24.0 Å². The lowest BCUT2D eigenvalue weighted by Crippen LogP contribution is -2.42. The van der Waals surface area contributed by atoms with Crippen LogP contribution in [-0.2, 0) is 4.79 Å². The van der Waals surface area contributed by atoms with Crippen LogP contribution in [0.4, 0.5) is 10.5 Å². The second-order valence-corrected chi connectivity index (χ2v) is 5.41. The van der Waals surface area contributed by atoms with Gasteiger partial charge in [-0.15, -0.1) is 0 Å². The van der Waals surface area contributed by atoms with Crippen molar-refractivity contribution in [3.05, 3.63) is 29.3 Å². The molecule has 108 valence electrons. The highest BCUT2D eigenvalue weighted by atomic mass is 16.4. The zero-order valence-electron chi connectivity index (χ0n) is 11.8. The maximum atomic E-state index is 12.1. The van der Waals surface area contributed by atoms with E-state index in [2.05, 4.69) is 5.32 Å². The molecule has 0 unspecified atom stereocenters. The van der Waals surface area contributed by atoms with Gasteiger partial charge in [0, 0.05) is 18.8 Å². The second-order valence-electron chi connectivity index (χ2n) is 5.41. The molecule has 1 aromatic carbocycles. The smallest absolute Gasteiger partial charge is 0.321 e. The van der Waals surface area contributed by atoms with Gasteiger partial charge in [0.15, 0.2) is 0 Å². The number of aliphatic carboxylic acids is 1. The summed E-state index contributed by atoms with van der Waals surface area (Å²) in [6.07, 6.45) is 1.05. The van der Waals surface area contributed by atoms with Gasteiger partial charge in [-0.2, -0.15) is 0 Å². The summed E-state index contributed by atoms with van der Waals surface area (Å²) in [5.41, 5.74) is 2.99. The van der Waals surface area contributed by atoms with E-state index in [4.69, 9.17) is 5.11 Å². The Hall–Kier alpha value is -2.04. The third kappa shape index (κ3) is 3.50. The molecule has 0 aliphatic carbocycles. The molecule has 1 heterocycles. The highest BCUT2D eigenvalue weighted by Gasteiger charge is 2.26. The predicted octanol–water partition coefficient (Wildman–Crippen LogP) is 2.63. The van der Waals surface area contributed by atoms with Gasteiger partial charge in [0.05, 0.1) is 5.92 Å². The molecule has 1 aliphatic heterocycles. The van der Waals surface area contributed by atoms with Crippen LogP contribution in [0.5, 0.6) is 0 Å². The third-order valence-corrected chi connectivity index (χ3v) is 3.60. The van der Waals surface area contributed by atoms with E-state index < -0.39 is 5.97 Å². The number of piperidine rings is 1. The van der Waals surface area contributed by atoms with Gasteiger partial charge in [-0.3, -0.25) is 4.79 Å². The first-order chi connectivity index (χ1) is 9.45. The fourth-order valence-corrected chi connectivity index (χ4v) is 2.58. The largest absolute Gasteiger partial charge is 0.481 e. The number of rotatable bonds is 2. The van der Waals surface area contributed by atoms with Crippen LogP contribution in [-0.4, -0.2) is 35.1 Å². The number of urea groups is 1. The standard InChI is InChI=1S/C15H20N2O3/c1-10-7-11(2)9-13(8-10)16-15(20)17-5-3-12(4-6-17)14(18)19/h7-9,12H,3-6H2,1-2H3,(H,16,20)(H,18,19). The summed E-state index contributed by atoms with van der Waals surface area (Å²) in [6.45, 7) is 4.96. The summed E-state index contributed by atoms with van der Waals surface area (Å²) >= 11 is 0. The zero-order valence-corrected chi connectivity index (χ0v) is 11.8. The number of benzene rings is 1. The van der Waals surface area contributed by atoms with Crippen LogP contribution in [0.15, 0.2) is 18.2 Å². The lowest BCUT2D eigenvalue weighted by Gasteiger charge is -2.30. The summed E-state index contributed by atoms with van der Waals surface area (Å²) in [5.74, 6) is -1.08. The number of amides is 2. The molecule has 0 radical (unpaired) electrons. The first-order valence-electron chi connectivity index (χ1n) is 6.83. The molecule has 0 saturated carbocycles. The normalized spacial score (nSPS) is 16.0. The van der Waals surface area contributed by atoms with Crippen molar-refractivity contribution in [1.29, 1.82) is 0 Å². The maximum Gasteiger partial charge on any atom is 0.321 e. The van der Waals surface area contributed by atoms with Crippen molar-refractivity contribution in [3.63, 3.8) is 0 Å². The Bertz CT molecular complexity index is 500. The van der Waals surface area contributed by atoms with Crippen molar-refractivity contribution >= 4 is 17.7 Å². The Kier molecular flexibility index (Phi) is 4.27. The fourth-order valence-electron chi connectivity index (χ4n) is 2.58. The van der Waals surface area contributed by atoms with E-state index in [9.17, 15) is 9.59 Å². The number of likely N-dealkylation sites (tertiary alicyclic amines) is 1. The third-order valence-electron chi connectivity index (χ3n) is 3.60. The maximum absolute atomic E-state index is 12.1. The number of aryl methyl sites for hydroxylation is 2. The van der Waals surface area contributed by atoms with Gasteiger partial charge in [0.1, 0.15) is 0 Å². The molecule has 1 saturated heterocycles. The molecular weight excluding hydrogens is 256 g/mol. The van der Waals surface area contributed by atoms with E-state index in [1.807, 2.05) is 32.0 Å². The molecule has 0 aromatic heterocycles. The molecule has 20 heavy (non-hydrogen) atoms. The van der Waals surface area contributed by atoms with Crippen molar-refractivity contribution in [2.45, 2.75) is 26.7 Å². The minimum atomic E-state index is -0.764. The van der Waals surface area contributed by atoms with E-state index in [1.165, 1.54) is 0 Å². The number of hydrogen-bond acceptors (Lipinski definition) is 2. The Morgan fingerprint density at radius 2 is 1.70 bits per heavy atom. The van der Waals surface area contributed by atoms with Gasteiger partial charge >= 0.3 is 12.0 Å². The minimum absolute atomic E-state index is 0.154. The van der Waals surface area contributed by atoms with Crippen LogP contribution in [0.2, 0.25) is 0 Å². The Morgan fingerprint density at radius 1 is 1.15 bits per heavy atom. The molecule has 0 bridgehead atoms. The number of anilines is 1. The molecule has 1 aromatic rings. The predicted molar refractivity (Wildman–Crippen MR) is 76.9 cm³/mol. The van der Waals surface area contributed by atoms with Crippen LogP contribution in [0.25, 0.3) is 0 Å². The van der Waals surface area contributed by atoms with E-state index in [0.29, 0.717) is 25.9 Å². The SMILES string of the molecule is Cc1cc(C)cc(NC(=O)N2CCC(C(=O)O)CC2)c1. The number of hydrogen-bond donors (Lipinski definition) is 2. The van der Waals surface area contributed by atoms with Gasteiger partial charge in [-0.05, 0) is 49.9 Å². The van der Waals surface area contributed by atoms with Crippen molar-refractivity contribution in [1.82, 2.24) is 4.90 Å². The quantitative estimate of drug-likeness (QED) is 0.872. The molecule has 5 nitrogen and oxygen atoms in total. The van der Waals surface area contributed by atoms with Crippen molar-refractivity contribution in [2.75, 3.05) is 18.4 Å². The minimum Gasteiger partial charge on any atom is -0.481 e. The van der Waals surface area contributed by atoms with E-state index in [0.717, 1.165) is 16.8 Å². The first-order valence-corrected chi connectivity index (χ1v) is 6.83. The van der Waals surface area contributed by atoms with E-state index in [1.54, 1.807) is 4.90 Å². The second kappa shape index (κ2) is 5.94. The molecule has 1 fully saturated rings. The topological polar surface area (TPSA) is 69.6 Å². The average molecular weight is 276 g/mol. The molecule has 1 aliphatic rings. The summed E-state index contributed by atoms with van der Waals surface area (Å²) in [4.78, 5) is 24.7. The van der Waals surface area contributed by atoms with Gasteiger partial charge in [-0.1, -0.05) is 6.07 Å². The Morgan fingerprint density at radius 3 is 2.20 bits per heavy atom. The number of carboxylic acid groups (broad SMARTS) is 1. The van der Waals surface area contributed by atoms with Crippen LogP contribution in [0, 0.1) is 19.8 Å². The molecule has 5 heteroatoms. The fraction of sp³-hybridized carbons (Fsp3) is 0.467. The van der Waals surface area contributed by atoms with Crippen LogP contribution >= 0.6 is 0 Å². The number of carbonyl (C=O) groups excluding carboxylic acids is 1. The highest BCUT2D eigenvalue weighted by Crippen LogP contribution is 2.19. The Labute approximate surface area is 118 Å². The molecule has 2 rings (SSSR count). The van der Waals surface area contributed by atoms with Crippen molar-refractivity contribution in [2.24, 2.45) is 5.92 Å². The number of nitrogens with zero attached hydrogens (tertiary/aromatic N) is 1. The van der Waals surface area contributed by atoms with Crippen molar-refractivity contribution < 1.29 is 14.7 Å². The lowest BCUT2D eigenvalue weighted by atomic mass is 9.97. The van der Waals surface area contributed by atoms with Gasteiger partial charge in [-0.25, -0.2) is 4.79 Å². The van der Waals surface area contributed by atoms with Gasteiger partial charge in [0.25, 0.3) is 0 Å². The van der Waals surface area contributed by atoms with E-state index >= 15 is 0 Å². The summed E-state index contributed by atoms with van der Waals surface area (Å²) < 4.78 is 0. The first kappa shape index (κ1) is 14.4. The monoisotopic (exact) mass is 276 g/mol. The molecule has 2 N–H and O–H groups in total. The average Bonchev–Trinajstić information content (AvgIpc) is 2.37. The zero-order chi connectivity index (χ0) is 14.7. The summed E-state index contributed by atoms with van der Waals surface area (Å²) in [7, 11) is 0. The van der Waals surface area contributed by atoms with Crippen LogP contribution < -0.4 is 5.32 Å². The molecular formula is C15H20N2O3. The number of carboxylic acids is 1. The van der Waals surface area contributed by atoms with Crippen molar-refractivity contribution in [3.8, 4) is 0 Å². The summed E-state index contributed by atoms with van der Waals surface area (Å²) in [6, 6.07) is 5.75. The lowest BCUT2D eigenvalue weighted by molar-refractivity contribution is -0.143. The summed E-state index contributed by atoms with van der Waals surface area (Å²) in [5, 5.41) is 11.8. The van der Waals surface area contributed by atoms with Crippen LogP contribution in [0.3, 0.4) is 0 Å². The molecule has 2 amide bonds. The molecule has 0 atom stereocenters.